The smallest absolute Gasteiger partial charge is 0.109 e. The van der Waals surface area contributed by atoms with Crippen LogP contribution >= 0.6 is 0 Å². The van der Waals surface area contributed by atoms with Crippen molar-refractivity contribution >= 4 is 0 Å². The fraction of sp³-hybridized carbons (Fsp3) is 0.500. The Morgan fingerprint density at radius 1 is 1.78 bits per heavy atom. The van der Waals surface area contributed by atoms with E-state index in [-0.39, 0.29) is 6.67 Å². The number of halogens is 1. The third kappa shape index (κ3) is 1.52. The second kappa shape index (κ2) is 2.62. The number of hydrogen-bond donors (Lipinski definition) is 0. The molecule has 0 amide bonds. The van der Waals surface area contributed by atoms with Gasteiger partial charge in [-0.2, -0.15) is 5.10 Å². The summed E-state index contributed by atoms with van der Waals surface area (Å²) in [6.07, 6.45) is 1.77. The van der Waals surface area contributed by atoms with Crippen molar-refractivity contribution < 1.29 is 4.39 Å². The van der Waals surface area contributed by atoms with Crippen molar-refractivity contribution in [1.82, 2.24) is 9.78 Å². The topological polar surface area (TPSA) is 17.8 Å². The minimum Gasteiger partial charge on any atom is -0.270 e. The lowest BCUT2D eigenvalue weighted by molar-refractivity contribution is 0.426. The highest BCUT2D eigenvalue weighted by molar-refractivity contribution is 4.94. The number of alkyl halides is 1. The molecule has 0 unspecified atom stereocenters. The highest BCUT2D eigenvalue weighted by Crippen LogP contribution is 1.91. The number of aromatic nitrogens is 2. The predicted octanol–water partition coefficient (Wildman–Crippen LogP) is 1.16. The highest BCUT2D eigenvalue weighted by Gasteiger charge is 1.90. The first-order chi connectivity index (χ1) is 4.33. The second-order valence-electron chi connectivity index (χ2n) is 1.91. The third-order valence-corrected chi connectivity index (χ3v) is 1.09. The molecule has 0 bridgehead atoms. The van der Waals surface area contributed by atoms with Gasteiger partial charge in [0.15, 0.2) is 0 Å². The molecule has 50 valence electrons. The number of nitrogens with zero attached hydrogens (tertiary/aromatic N) is 2. The van der Waals surface area contributed by atoms with E-state index in [2.05, 4.69) is 5.10 Å². The maximum absolute atomic E-state index is 11.6. The van der Waals surface area contributed by atoms with Crippen LogP contribution in [-0.2, 0) is 6.54 Å². The molecule has 1 rings (SSSR count). The summed E-state index contributed by atoms with van der Waals surface area (Å²) in [6.45, 7) is 1.91. The molecule has 0 aliphatic rings. The van der Waals surface area contributed by atoms with E-state index in [9.17, 15) is 4.39 Å². The van der Waals surface area contributed by atoms with Gasteiger partial charge >= 0.3 is 0 Å². The van der Waals surface area contributed by atoms with Crippen LogP contribution < -0.4 is 0 Å². The van der Waals surface area contributed by atoms with Gasteiger partial charge in [0.25, 0.3) is 0 Å². The van der Waals surface area contributed by atoms with E-state index in [0.717, 1.165) is 5.69 Å². The zero-order chi connectivity index (χ0) is 6.69. The fourth-order valence-corrected chi connectivity index (χ4v) is 0.674. The van der Waals surface area contributed by atoms with Crippen molar-refractivity contribution in [3.05, 3.63) is 18.0 Å². The average Bonchev–Trinajstić information content (AvgIpc) is 2.17. The minimum atomic E-state index is -0.346. The van der Waals surface area contributed by atoms with Crippen molar-refractivity contribution in [2.24, 2.45) is 0 Å². The first-order valence-corrected chi connectivity index (χ1v) is 2.89. The van der Waals surface area contributed by atoms with Crippen LogP contribution in [0.3, 0.4) is 0 Å². The number of hydrogen-bond acceptors (Lipinski definition) is 1. The van der Waals surface area contributed by atoms with Gasteiger partial charge < -0.3 is 0 Å². The van der Waals surface area contributed by atoms with E-state index < -0.39 is 0 Å². The van der Waals surface area contributed by atoms with Gasteiger partial charge in [-0.3, -0.25) is 4.68 Å². The first kappa shape index (κ1) is 6.26. The van der Waals surface area contributed by atoms with E-state index in [1.165, 1.54) is 0 Å². The third-order valence-electron chi connectivity index (χ3n) is 1.09. The molecule has 1 aromatic rings. The Kier molecular flexibility index (Phi) is 1.82. The summed E-state index contributed by atoms with van der Waals surface area (Å²) in [5.41, 5.74) is 0.934. The van der Waals surface area contributed by atoms with E-state index in [4.69, 9.17) is 0 Å². The van der Waals surface area contributed by atoms with Crippen molar-refractivity contribution in [3.8, 4) is 0 Å². The molecule has 0 aromatic carbocycles. The maximum Gasteiger partial charge on any atom is 0.109 e. The molecule has 0 N–H and O–H groups in total. The molecule has 0 radical (unpaired) electrons. The first-order valence-electron chi connectivity index (χ1n) is 2.89. The van der Waals surface area contributed by atoms with E-state index >= 15 is 0 Å². The lowest BCUT2D eigenvalue weighted by Crippen LogP contribution is -1.99. The van der Waals surface area contributed by atoms with Crippen LogP contribution in [0.1, 0.15) is 5.69 Å². The standard InChI is InChI=1S/C6H9FN2/c1-6-2-4-9(8-6)5-3-7/h2,4H,3,5H2,1H3. The average molecular weight is 128 g/mol. The van der Waals surface area contributed by atoms with E-state index in [1.807, 2.05) is 13.0 Å². The summed E-state index contributed by atoms with van der Waals surface area (Å²) in [5.74, 6) is 0. The summed E-state index contributed by atoms with van der Waals surface area (Å²) >= 11 is 0. The molecule has 9 heavy (non-hydrogen) atoms. The molecule has 0 fully saturated rings. The van der Waals surface area contributed by atoms with Crippen LogP contribution in [-0.4, -0.2) is 16.5 Å². The SMILES string of the molecule is Cc1ccn(CCF)n1. The molecule has 3 heteroatoms. The zero-order valence-corrected chi connectivity index (χ0v) is 5.34. The van der Waals surface area contributed by atoms with Gasteiger partial charge in [0.1, 0.15) is 6.67 Å². The van der Waals surface area contributed by atoms with Gasteiger partial charge in [0, 0.05) is 6.20 Å². The van der Waals surface area contributed by atoms with Gasteiger partial charge in [0.2, 0.25) is 0 Å². The quantitative estimate of drug-likeness (QED) is 0.584. The molecule has 0 aliphatic heterocycles. The Morgan fingerprint density at radius 2 is 2.56 bits per heavy atom. The van der Waals surface area contributed by atoms with Crippen LogP contribution in [0, 0.1) is 6.92 Å². The molecule has 2 nitrogen and oxygen atoms in total. The largest absolute Gasteiger partial charge is 0.270 e. The summed E-state index contributed by atoms with van der Waals surface area (Å²) in [4.78, 5) is 0. The monoisotopic (exact) mass is 128 g/mol. The number of rotatable bonds is 2. The molecular weight excluding hydrogens is 119 g/mol. The van der Waals surface area contributed by atoms with Crippen LogP contribution in [0.4, 0.5) is 4.39 Å². The predicted molar refractivity (Wildman–Crippen MR) is 32.9 cm³/mol. The Morgan fingerprint density at radius 3 is 3.00 bits per heavy atom. The van der Waals surface area contributed by atoms with E-state index in [0.29, 0.717) is 6.54 Å². The lowest BCUT2D eigenvalue weighted by Gasteiger charge is -1.92. The Labute approximate surface area is 53.3 Å². The zero-order valence-electron chi connectivity index (χ0n) is 5.34. The van der Waals surface area contributed by atoms with Crippen molar-refractivity contribution in [3.63, 3.8) is 0 Å². The fourth-order valence-electron chi connectivity index (χ4n) is 0.674. The van der Waals surface area contributed by atoms with Gasteiger partial charge in [-0.15, -0.1) is 0 Å². The van der Waals surface area contributed by atoms with Crippen LogP contribution in [0.5, 0.6) is 0 Å². The van der Waals surface area contributed by atoms with Gasteiger partial charge in [-0.1, -0.05) is 0 Å². The molecule has 1 heterocycles. The van der Waals surface area contributed by atoms with Crippen LogP contribution in [0.15, 0.2) is 12.3 Å². The summed E-state index contributed by atoms with van der Waals surface area (Å²) in [7, 11) is 0. The normalized spacial score (nSPS) is 10.0. The Bertz CT molecular complexity index is 183. The molecule has 0 saturated carbocycles. The van der Waals surface area contributed by atoms with Crippen molar-refractivity contribution in [2.75, 3.05) is 6.67 Å². The minimum absolute atomic E-state index is 0.346. The second-order valence-corrected chi connectivity index (χ2v) is 1.91. The molecule has 0 spiro atoms. The molecule has 0 atom stereocenters. The Hall–Kier alpha value is -0.860. The van der Waals surface area contributed by atoms with Gasteiger partial charge in [-0.05, 0) is 13.0 Å². The summed E-state index contributed by atoms with van der Waals surface area (Å²) < 4.78 is 13.2. The van der Waals surface area contributed by atoms with Crippen molar-refractivity contribution in [2.45, 2.75) is 13.5 Å². The van der Waals surface area contributed by atoms with Crippen molar-refractivity contribution in [1.29, 1.82) is 0 Å². The number of aryl methyl sites for hydroxylation is 2. The Balaban J connectivity index is 2.61. The lowest BCUT2D eigenvalue weighted by atomic mass is 10.5. The highest BCUT2D eigenvalue weighted by atomic mass is 19.1. The van der Waals surface area contributed by atoms with Gasteiger partial charge in [-0.25, -0.2) is 4.39 Å². The molecule has 0 aliphatic carbocycles. The maximum atomic E-state index is 11.6. The summed E-state index contributed by atoms with van der Waals surface area (Å²) in [6, 6.07) is 1.86. The summed E-state index contributed by atoms with van der Waals surface area (Å²) in [5, 5.41) is 3.98. The molecular formula is C6H9FN2. The van der Waals surface area contributed by atoms with Crippen LogP contribution in [0.2, 0.25) is 0 Å². The molecule has 0 saturated heterocycles. The van der Waals surface area contributed by atoms with Gasteiger partial charge in [0.05, 0.1) is 12.2 Å². The van der Waals surface area contributed by atoms with Crippen LogP contribution in [0.25, 0.3) is 0 Å². The molecule has 1 aromatic heterocycles. The van der Waals surface area contributed by atoms with E-state index in [1.54, 1.807) is 10.9 Å².